The minimum absolute atomic E-state index is 0.237. The average Bonchev–Trinajstić information content (AvgIpc) is 3.22. The molecule has 0 spiro atoms. The quantitative estimate of drug-likeness (QED) is 0.291. The molecule has 0 fully saturated rings. The Hall–Kier alpha value is -3.86. The van der Waals surface area contributed by atoms with E-state index in [1.807, 2.05) is 49.3 Å². The number of ether oxygens (including phenoxy) is 1. The SMILES string of the molecule is COC(=O)c1ccc2c(c1)NC(=O)C2=C(Nc1ccc(N(CCN(C)C)S(C)(=O)=O)c(Cl)c1)c1ccccc1. The third-order valence-electron chi connectivity index (χ3n) is 6.13. The van der Waals surface area contributed by atoms with Gasteiger partial charge in [-0.3, -0.25) is 9.10 Å². The number of nitrogens with zero attached hydrogens (tertiary/aromatic N) is 2. The van der Waals surface area contributed by atoms with Crippen molar-refractivity contribution in [2.45, 2.75) is 0 Å². The van der Waals surface area contributed by atoms with Crippen LogP contribution in [0.1, 0.15) is 21.5 Å². The van der Waals surface area contributed by atoms with Gasteiger partial charge >= 0.3 is 5.97 Å². The Morgan fingerprint density at radius 3 is 2.33 bits per heavy atom. The Labute approximate surface area is 233 Å². The van der Waals surface area contributed by atoms with Crippen molar-refractivity contribution in [2.24, 2.45) is 0 Å². The van der Waals surface area contributed by atoms with Gasteiger partial charge < -0.3 is 20.3 Å². The lowest BCUT2D eigenvalue weighted by Crippen LogP contribution is -2.36. The molecule has 204 valence electrons. The van der Waals surface area contributed by atoms with Crippen LogP contribution in [-0.2, 0) is 19.6 Å². The molecule has 4 rings (SSSR count). The van der Waals surface area contributed by atoms with E-state index in [4.69, 9.17) is 16.3 Å². The highest BCUT2D eigenvalue weighted by Crippen LogP contribution is 2.39. The monoisotopic (exact) mass is 568 g/mol. The van der Waals surface area contributed by atoms with Crippen molar-refractivity contribution in [2.75, 3.05) is 55.5 Å². The normalized spacial score (nSPS) is 14.1. The molecule has 1 heterocycles. The standard InChI is InChI=1S/C28H29ClN4O5S/c1-32(2)14-15-33(39(4,36)37)24-13-11-20(17-22(24)29)30-26(18-8-6-5-7-9-18)25-21-12-10-19(28(35)38-3)16-23(21)31-27(25)34/h5-13,16-17,30H,14-15H2,1-4H3,(H,31,34). The number of hydrogen-bond acceptors (Lipinski definition) is 7. The first-order valence-electron chi connectivity index (χ1n) is 12.0. The Morgan fingerprint density at radius 1 is 1.00 bits per heavy atom. The average molecular weight is 569 g/mol. The molecule has 0 unspecified atom stereocenters. The number of hydrogen-bond donors (Lipinski definition) is 2. The second-order valence-electron chi connectivity index (χ2n) is 9.25. The van der Waals surface area contributed by atoms with Crippen molar-refractivity contribution in [1.82, 2.24) is 4.90 Å². The maximum absolute atomic E-state index is 13.2. The molecular weight excluding hydrogens is 540 g/mol. The number of carbonyl (C=O) groups excluding carboxylic acids is 2. The molecule has 3 aromatic rings. The van der Waals surface area contributed by atoms with E-state index < -0.39 is 16.0 Å². The lowest BCUT2D eigenvalue weighted by molar-refractivity contribution is -0.110. The number of carbonyl (C=O) groups is 2. The highest BCUT2D eigenvalue weighted by molar-refractivity contribution is 7.92. The van der Waals surface area contributed by atoms with Crippen LogP contribution in [0.25, 0.3) is 11.3 Å². The van der Waals surface area contributed by atoms with Gasteiger partial charge in [0.25, 0.3) is 5.91 Å². The van der Waals surface area contributed by atoms with Crippen LogP contribution >= 0.6 is 11.6 Å². The number of sulfonamides is 1. The highest BCUT2D eigenvalue weighted by atomic mass is 35.5. The molecule has 0 atom stereocenters. The van der Waals surface area contributed by atoms with Crippen LogP contribution in [0.4, 0.5) is 17.1 Å². The van der Waals surface area contributed by atoms with Crippen molar-refractivity contribution in [3.05, 3.63) is 88.4 Å². The van der Waals surface area contributed by atoms with Crippen LogP contribution < -0.4 is 14.9 Å². The zero-order chi connectivity index (χ0) is 28.3. The van der Waals surface area contributed by atoms with Crippen molar-refractivity contribution in [3.8, 4) is 0 Å². The van der Waals surface area contributed by atoms with Crippen LogP contribution in [-0.4, -0.2) is 65.7 Å². The summed E-state index contributed by atoms with van der Waals surface area (Å²) in [5.41, 5.74) is 4.00. The Bertz CT molecular complexity index is 1560. The first-order chi connectivity index (χ1) is 18.5. The zero-order valence-corrected chi connectivity index (χ0v) is 23.6. The summed E-state index contributed by atoms with van der Waals surface area (Å²) in [4.78, 5) is 27.1. The summed E-state index contributed by atoms with van der Waals surface area (Å²) in [6, 6.07) is 19.2. The summed E-state index contributed by atoms with van der Waals surface area (Å²) in [6.45, 7) is 0.752. The minimum atomic E-state index is -3.57. The van der Waals surface area contributed by atoms with Crippen molar-refractivity contribution in [3.63, 3.8) is 0 Å². The summed E-state index contributed by atoms with van der Waals surface area (Å²) in [5.74, 6) is -0.845. The molecule has 1 amide bonds. The van der Waals surface area contributed by atoms with Crippen LogP contribution in [0.15, 0.2) is 66.7 Å². The Kier molecular flexibility index (Phi) is 8.29. The highest BCUT2D eigenvalue weighted by Gasteiger charge is 2.29. The molecule has 3 aromatic carbocycles. The molecule has 0 aliphatic carbocycles. The number of rotatable bonds is 9. The smallest absolute Gasteiger partial charge is 0.337 e. The predicted molar refractivity (Wildman–Crippen MR) is 155 cm³/mol. The number of anilines is 3. The second kappa shape index (κ2) is 11.5. The molecule has 11 heteroatoms. The first-order valence-corrected chi connectivity index (χ1v) is 14.2. The number of methoxy groups -OCH3 is 1. The summed E-state index contributed by atoms with van der Waals surface area (Å²) >= 11 is 6.61. The topological polar surface area (TPSA) is 108 Å². The lowest BCUT2D eigenvalue weighted by atomic mass is 9.99. The first kappa shape index (κ1) is 28.2. The van der Waals surface area contributed by atoms with Gasteiger partial charge in [0.05, 0.1) is 46.6 Å². The van der Waals surface area contributed by atoms with Gasteiger partial charge in [0, 0.05) is 24.3 Å². The predicted octanol–water partition coefficient (Wildman–Crippen LogP) is 4.39. The number of fused-ring (bicyclic) bond motifs is 1. The summed E-state index contributed by atoms with van der Waals surface area (Å²) in [7, 11) is 1.45. The molecule has 0 bridgehead atoms. The van der Waals surface area contributed by atoms with Crippen molar-refractivity contribution >= 4 is 61.8 Å². The summed E-state index contributed by atoms with van der Waals surface area (Å²) in [6.07, 6.45) is 1.14. The maximum Gasteiger partial charge on any atom is 0.337 e. The third-order valence-corrected chi connectivity index (χ3v) is 7.62. The van der Waals surface area contributed by atoms with E-state index in [0.717, 1.165) is 11.8 Å². The van der Waals surface area contributed by atoms with Gasteiger partial charge in [0.1, 0.15) is 0 Å². The zero-order valence-electron chi connectivity index (χ0n) is 22.0. The van der Waals surface area contributed by atoms with E-state index >= 15 is 0 Å². The minimum Gasteiger partial charge on any atom is -0.465 e. The van der Waals surface area contributed by atoms with Gasteiger partial charge in [-0.15, -0.1) is 0 Å². The maximum atomic E-state index is 13.2. The van der Waals surface area contributed by atoms with E-state index in [1.165, 1.54) is 11.4 Å². The van der Waals surface area contributed by atoms with Crippen LogP contribution in [0, 0.1) is 0 Å². The number of esters is 1. The number of likely N-dealkylation sites (N-methyl/N-ethyl adjacent to an activating group) is 1. The molecule has 0 aromatic heterocycles. The van der Waals surface area contributed by atoms with Crippen LogP contribution in [0.5, 0.6) is 0 Å². The number of amides is 1. The largest absolute Gasteiger partial charge is 0.465 e. The fourth-order valence-electron chi connectivity index (χ4n) is 4.24. The number of halogens is 1. The molecule has 1 aliphatic rings. The summed E-state index contributed by atoms with van der Waals surface area (Å²) in [5, 5.41) is 6.39. The van der Waals surface area contributed by atoms with E-state index in [9.17, 15) is 18.0 Å². The van der Waals surface area contributed by atoms with Gasteiger partial charge in [-0.25, -0.2) is 13.2 Å². The fraction of sp³-hybridized carbons (Fsp3) is 0.214. The fourth-order valence-corrected chi connectivity index (χ4v) is 5.50. The molecule has 0 radical (unpaired) electrons. The molecular formula is C28H29ClN4O5S. The second-order valence-corrected chi connectivity index (χ2v) is 11.6. The van der Waals surface area contributed by atoms with Gasteiger partial charge in [-0.05, 0) is 50.0 Å². The number of nitrogens with one attached hydrogen (secondary N) is 2. The third kappa shape index (κ3) is 6.25. The van der Waals surface area contributed by atoms with Crippen molar-refractivity contribution < 1.29 is 22.7 Å². The van der Waals surface area contributed by atoms with E-state index in [1.54, 1.807) is 36.4 Å². The van der Waals surface area contributed by atoms with E-state index in [2.05, 4.69) is 10.6 Å². The van der Waals surface area contributed by atoms with Gasteiger partial charge in [0.15, 0.2) is 0 Å². The van der Waals surface area contributed by atoms with E-state index in [-0.39, 0.29) is 17.5 Å². The van der Waals surface area contributed by atoms with Crippen LogP contribution in [0.2, 0.25) is 5.02 Å². The molecule has 0 saturated heterocycles. The summed E-state index contributed by atoms with van der Waals surface area (Å²) < 4.78 is 31.1. The van der Waals surface area contributed by atoms with Gasteiger partial charge in [0.2, 0.25) is 10.0 Å². The molecule has 1 aliphatic heterocycles. The van der Waals surface area contributed by atoms with E-state index in [0.29, 0.717) is 46.0 Å². The van der Waals surface area contributed by atoms with Gasteiger partial charge in [-0.1, -0.05) is 48.0 Å². The molecule has 0 saturated carbocycles. The Balaban J connectivity index is 1.77. The Morgan fingerprint density at radius 2 is 1.72 bits per heavy atom. The van der Waals surface area contributed by atoms with Crippen LogP contribution in [0.3, 0.4) is 0 Å². The molecule has 2 N–H and O–H groups in total. The molecule has 9 nitrogen and oxygen atoms in total. The van der Waals surface area contributed by atoms with Gasteiger partial charge in [-0.2, -0.15) is 0 Å². The number of benzene rings is 3. The lowest BCUT2D eigenvalue weighted by Gasteiger charge is -2.25. The molecule has 39 heavy (non-hydrogen) atoms. The van der Waals surface area contributed by atoms with Crippen molar-refractivity contribution in [1.29, 1.82) is 0 Å².